The molecule has 0 aliphatic rings. The largest absolute Gasteiger partial charge is 0.496 e. The van der Waals surface area contributed by atoms with Crippen molar-refractivity contribution in [1.82, 2.24) is 0 Å². The van der Waals surface area contributed by atoms with Gasteiger partial charge >= 0.3 is 5.97 Å². The Balaban J connectivity index is 2.67. The smallest absolute Gasteiger partial charge is 0.335 e. The highest BCUT2D eigenvalue weighted by Gasteiger charge is 2.13. The van der Waals surface area contributed by atoms with Crippen molar-refractivity contribution in [2.24, 2.45) is 0 Å². The van der Waals surface area contributed by atoms with Crippen molar-refractivity contribution < 1.29 is 14.6 Å². The van der Waals surface area contributed by atoms with E-state index in [9.17, 15) is 4.79 Å². The third kappa shape index (κ3) is 2.20. The number of carbonyl (C=O) groups is 1. The normalized spacial score (nSPS) is 10.1. The molecule has 0 saturated heterocycles. The van der Waals surface area contributed by atoms with Crippen molar-refractivity contribution in [3.05, 3.63) is 53.6 Å². The van der Waals surface area contributed by atoms with E-state index < -0.39 is 5.97 Å². The molecule has 0 aliphatic carbocycles. The molecule has 0 saturated carbocycles. The summed E-state index contributed by atoms with van der Waals surface area (Å²) in [6.45, 7) is 1.84. The average molecular weight is 242 g/mol. The van der Waals surface area contributed by atoms with Crippen LogP contribution in [0.4, 0.5) is 0 Å². The summed E-state index contributed by atoms with van der Waals surface area (Å²) in [4.78, 5) is 11.1. The molecule has 0 aliphatic heterocycles. The van der Waals surface area contributed by atoms with Crippen LogP contribution >= 0.6 is 0 Å². The lowest BCUT2D eigenvalue weighted by Gasteiger charge is -2.12. The highest BCUT2D eigenvalue weighted by atomic mass is 16.5. The quantitative estimate of drug-likeness (QED) is 0.897. The molecule has 92 valence electrons. The van der Waals surface area contributed by atoms with Gasteiger partial charge in [0.25, 0.3) is 0 Å². The van der Waals surface area contributed by atoms with Crippen LogP contribution in [0.25, 0.3) is 11.1 Å². The Morgan fingerprint density at radius 1 is 1.17 bits per heavy atom. The highest BCUT2D eigenvalue weighted by molar-refractivity contribution is 5.91. The fourth-order valence-electron chi connectivity index (χ4n) is 2.00. The number of carboxylic acid groups (broad SMARTS) is 1. The molecule has 0 amide bonds. The first kappa shape index (κ1) is 12.2. The monoisotopic (exact) mass is 242 g/mol. The van der Waals surface area contributed by atoms with Crippen LogP contribution in [-0.2, 0) is 0 Å². The Morgan fingerprint density at radius 2 is 1.83 bits per heavy atom. The standard InChI is InChI=1S/C15H14O3/c1-10-8-12(15(16)17)9-13(14(10)18-2)11-6-4-3-5-7-11/h3-9H,1-2H3,(H,16,17). The Morgan fingerprint density at radius 3 is 2.39 bits per heavy atom. The molecule has 2 rings (SSSR count). The van der Waals surface area contributed by atoms with Crippen LogP contribution in [0.3, 0.4) is 0 Å². The van der Waals surface area contributed by atoms with E-state index in [4.69, 9.17) is 9.84 Å². The van der Waals surface area contributed by atoms with Gasteiger partial charge in [-0.25, -0.2) is 4.79 Å². The molecule has 0 unspecified atom stereocenters. The first-order valence-electron chi connectivity index (χ1n) is 5.61. The zero-order chi connectivity index (χ0) is 13.1. The van der Waals surface area contributed by atoms with Gasteiger partial charge in [0.05, 0.1) is 12.7 Å². The molecule has 2 aromatic carbocycles. The predicted octanol–water partition coefficient (Wildman–Crippen LogP) is 3.37. The van der Waals surface area contributed by atoms with Gasteiger partial charge in [0.15, 0.2) is 0 Å². The van der Waals surface area contributed by atoms with Crippen LogP contribution in [0, 0.1) is 6.92 Å². The molecular formula is C15H14O3. The zero-order valence-electron chi connectivity index (χ0n) is 10.3. The number of hydrogen-bond acceptors (Lipinski definition) is 2. The lowest BCUT2D eigenvalue weighted by atomic mass is 9.98. The van der Waals surface area contributed by atoms with E-state index in [0.717, 1.165) is 16.7 Å². The van der Waals surface area contributed by atoms with Crippen LogP contribution < -0.4 is 4.74 Å². The summed E-state index contributed by atoms with van der Waals surface area (Å²) >= 11 is 0. The molecular weight excluding hydrogens is 228 g/mol. The molecule has 0 atom stereocenters. The Bertz CT molecular complexity index is 574. The van der Waals surface area contributed by atoms with Gasteiger partial charge in [-0.3, -0.25) is 0 Å². The molecule has 0 aromatic heterocycles. The van der Waals surface area contributed by atoms with Crippen molar-refractivity contribution in [3.8, 4) is 16.9 Å². The van der Waals surface area contributed by atoms with Gasteiger partial charge in [-0.1, -0.05) is 30.3 Å². The van der Waals surface area contributed by atoms with Crippen molar-refractivity contribution >= 4 is 5.97 Å². The number of carboxylic acids is 1. The van der Waals surface area contributed by atoms with Crippen molar-refractivity contribution in [3.63, 3.8) is 0 Å². The first-order valence-corrected chi connectivity index (χ1v) is 5.61. The fourth-order valence-corrected chi connectivity index (χ4v) is 2.00. The lowest BCUT2D eigenvalue weighted by Crippen LogP contribution is -2.00. The van der Waals surface area contributed by atoms with E-state index in [0.29, 0.717) is 5.75 Å². The van der Waals surface area contributed by atoms with Gasteiger partial charge < -0.3 is 9.84 Å². The minimum atomic E-state index is -0.932. The van der Waals surface area contributed by atoms with Crippen LogP contribution in [-0.4, -0.2) is 18.2 Å². The van der Waals surface area contributed by atoms with Crippen molar-refractivity contribution in [2.45, 2.75) is 6.92 Å². The predicted molar refractivity (Wildman–Crippen MR) is 70.1 cm³/mol. The van der Waals surface area contributed by atoms with Crippen molar-refractivity contribution in [2.75, 3.05) is 7.11 Å². The minimum Gasteiger partial charge on any atom is -0.496 e. The molecule has 0 heterocycles. The van der Waals surface area contributed by atoms with Gasteiger partial charge in [0.2, 0.25) is 0 Å². The van der Waals surface area contributed by atoms with Crippen LogP contribution in [0.2, 0.25) is 0 Å². The van der Waals surface area contributed by atoms with E-state index in [1.165, 1.54) is 0 Å². The molecule has 18 heavy (non-hydrogen) atoms. The Labute approximate surface area is 106 Å². The van der Waals surface area contributed by atoms with Crippen LogP contribution in [0.15, 0.2) is 42.5 Å². The van der Waals surface area contributed by atoms with E-state index in [1.54, 1.807) is 19.2 Å². The summed E-state index contributed by atoms with van der Waals surface area (Å²) in [6, 6.07) is 12.9. The third-order valence-electron chi connectivity index (χ3n) is 2.81. The maximum absolute atomic E-state index is 11.1. The summed E-state index contributed by atoms with van der Waals surface area (Å²) in [7, 11) is 1.59. The van der Waals surface area contributed by atoms with E-state index in [2.05, 4.69) is 0 Å². The molecule has 0 spiro atoms. The third-order valence-corrected chi connectivity index (χ3v) is 2.81. The number of ether oxygens (including phenoxy) is 1. The molecule has 0 fully saturated rings. The van der Waals surface area contributed by atoms with E-state index >= 15 is 0 Å². The van der Waals surface area contributed by atoms with E-state index in [-0.39, 0.29) is 5.56 Å². The van der Waals surface area contributed by atoms with Gasteiger partial charge in [-0.2, -0.15) is 0 Å². The lowest BCUT2D eigenvalue weighted by molar-refractivity contribution is 0.0697. The van der Waals surface area contributed by atoms with Crippen molar-refractivity contribution in [1.29, 1.82) is 0 Å². The van der Waals surface area contributed by atoms with Gasteiger partial charge in [0, 0.05) is 5.56 Å². The van der Waals surface area contributed by atoms with Crippen LogP contribution in [0.5, 0.6) is 5.75 Å². The Kier molecular flexibility index (Phi) is 3.33. The number of hydrogen-bond donors (Lipinski definition) is 1. The highest BCUT2D eigenvalue weighted by Crippen LogP contribution is 2.34. The summed E-state index contributed by atoms with van der Waals surface area (Å²) in [5.74, 6) is -0.218. The molecule has 1 N–H and O–H groups in total. The summed E-state index contributed by atoms with van der Waals surface area (Å²) in [5, 5.41) is 9.10. The minimum absolute atomic E-state index is 0.271. The number of aromatic carboxylic acids is 1. The maximum atomic E-state index is 11.1. The molecule has 2 aromatic rings. The van der Waals surface area contributed by atoms with Gasteiger partial charge in [-0.15, -0.1) is 0 Å². The maximum Gasteiger partial charge on any atom is 0.335 e. The molecule has 3 nitrogen and oxygen atoms in total. The SMILES string of the molecule is COc1c(C)cc(C(=O)O)cc1-c1ccccc1. The second-order valence-corrected chi connectivity index (χ2v) is 4.05. The summed E-state index contributed by atoms with van der Waals surface area (Å²) in [6.07, 6.45) is 0. The number of methoxy groups -OCH3 is 1. The summed E-state index contributed by atoms with van der Waals surface area (Å²) < 4.78 is 5.37. The molecule has 3 heteroatoms. The fraction of sp³-hybridized carbons (Fsp3) is 0.133. The second-order valence-electron chi connectivity index (χ2n) is 4.05. The second kappa shape index (κ2) is 4.92. The molecule has 0 radical (unpaired) electrons. The zero-order valence-corrected chi connectivity index (χ0v) is 10.3. The average Bonchev–Trinajstić information content (AvgIpc) is 2.38. The number of benzene rings is 2. The van der Waals surface area contributed by atoms with E-state index in [1.807, 2.05) is 37.3 Å². The first-order chi connectivity index (χ1) is 8.63. The number of rotatable bonds is 3. The van der Waals surface area contributed by atoms with Gasteiger partial charge in [-0.05, 0) is 30.2 Å². The topological polar surface area (TPSA) is 46.5 Å². The Hall–Kier alpha value is -2.29. The van der Waals surface area contributed by atoms with Crippen LogP contribution in [0.1, 0.15) is 15.9 Å². The van der Waals surface area contributed by atoms with Gasteiger partial charge in [0.1, 0.15) is 5.75 Å². The number of aryl methyl sites for hydroxylation is 1. The molecule has 0 bridgehead atoms. The summed E-state index contributed by atoms with van der Waals surface area (Å²) in [5.41, 5.74) is 2.83.